The predicted octanol–water partition coefficient (Wildman–Crippen LogP) is 2.94. The number of carbonyl (C=O) groups excluding carboxylic acids is 1. The van der Waals surface area contributed by atoms with Gasteiger partial charge in [0.1, 0.15) is 10.7 Å². The highest BCUT2D eigenvalue weighted by atomic mass is 32.2. The molecule has 7 nitrogen and oxygen atoms in total. The number of anilines is 1. The fraction of sp³-hybridized carbons (Fsp3) is 0.400. The van der Waals surface area contributed by atoms with Crippen molar-refractivity contribution in [1.82, 2.24) is 9.88 Å². The number of hydrogen-bond donors (Lipinski definition) is 2. The number of nitrogen functional groups attached to an aromatic ring is 1. The summed E-state index contributed by atoms with van der Waals surface area (Å²) in [5.41, 5.74) is 3.53. The molecule has 0 aliphatic carbocycles. The van der Waals surface area contributed by atoms with Gasteiger partial charge in [-0.05, 0) is 38.1 Å². The molecule has 1 saturated heterocycles. The van der Waals surface area contributed by atoms with Gasteiger partial charge in [-0.3, -0.25) is 9.78 Å². The lowest BCUT2D eigenvalue weighted by Gasteiger charge is -2.52. The van der Waals surface area contributed by atoms with Gasteiger partial charge in [0.2, 0.25) is 15.7 Å². The van der Waals surface area contributed by atoms with Gasteiger partial charge in [0.15, 0.2) is 0 Å². The third-order valence-corrected chi connectivity index (χ3v) is 7.24. The van der Waals surface area contributed by atoms with Gasteiger partial charge < -0.3 is 15.7 Å². The van der Waals surface area contributed by atoms with Crippen LogP contribution in [0.4, 0.5) is 23.2 Å². The molecule has 0 bridgehead atoms. The molecule has 1 aliphatic rings. The fourth-order valence-corrected chi connectivity index (χ4v) is 4.96. The summed E-state index contributed by atoms with van der Waals surface area (Å²) in [5.74, 6) is -2.28. The molecule has 1 aliphatic heterocycles. The first-order valence-corrected chi connectivity index (χ1v) is 10.9. The summed E-state index contributed by atoms with van der Waals surface area (Å²) in [4.78, 5) is 15.9. The van der Waals surface area contributed by atoms with Crippen LogP contribution in [0.2, 0.25) is 0 Å². The zero-order valence-corrected chi connectivity index (χ0v) is 18.1. The number of likely N-dealkylation sites (tertiary alicyclic amines) is 1. The number of nitrogens with two attached hydrogens (primary N) is 1. The molecule has 3 rings (SSSR count). The lowest BCUT2D eigenvalue weighted by atomic mass is 9.75. The Kier molecular flexibility index (Phi) is 5.75. The summed E-state index contributed by atoms with van der Waals surface area (Å²) >= 11 is 0. The first kappa shape index (κ1) is 23.9. The van der Waals surface area contributed by atoms with E-state index in [1.54, 1.807) is 13.8 Å². The van der Waals surface area contributed by atoms with Crippen LogP contribution in [0.5, 0.6) is 0 Å². The summed E-state index contributed by atoms with van der Waals surface area (Å²) in [6, 6.07) is 1.41. The molecule has 3 N–H and O–H groups in total. The quantitative estimate of drug-likeness (QED) is 0.658. The molecule has 2 aromatic rings. The number of aromatic nitrogens is 1. The maximum Gasteiger partial charge on any atom is 0.416 e. The Hall–Kier alpha value is -2.73. The van der Waals surface area contributed by atoms with Crippen molar-refractivity contribution in [3.63, 3.8) is 0 Å². The van der Waals surface area contributed by atoms with Crippen molar-refractivity contribution in [2.45, 2.75) is 48.4 Å². The summed E-state index contributed by atoms with van der Waals surface area (Å²) < 4.78 is 78.1. The molecule has 12 heteroatoms. The summed E-state index contributed by atoms with van der Waals surface area (Å²) in [6.45, 7) is 4.70. The van der Waals surface area contributed by atoms with Crippen LogP contribution in [0, 0.1) is 11.7 Å². The van der Waals surface area contributed by atoms with Crippen LogP contribution in [0.25, 0.3) is 0 Å². The van der Waals surface area contributed by atoms with Crippen LogP contribution < -0.4 is 5.73 Å². The van der Waals surface area contributed by atoms with Crippen molar-refractivity contribution in [3.8, 4) is 0 Å². The molecule has 2 atom stereocenters. The number of sulfone groups is 1. The molecule has 1 amide bonds. The number of benzene rings is 1. The van der Waals surface area contributed by atoms with Gasteiger partial charge in [0.05, 0.1) is 33.5 Å². The van der Waals surface area contributed by atoms with E-state index in [4.69, 9.17) is 5.73 Å². The molecule has 0 spiro atoms. The summed E-state index contributed by atoms with van der Waals surface area (Å²) in [5, 5.41) is 10.4. The normalized spacial score (nSPS) is 19.6. The van der Waals surface area contributed by atoms with E-state index in [0.717, 1.165) is 12.3 Å². The number of hydrogen-bond acceptors (Lipinski definition) is 6. The van der Waals surface area contributed by atoms with Crippen LogP contribution in [-0.4, -0.2) is 41.5 Å². The highest BCUT2D eigenvalue weighted by Crippen LogP contribution is 2.45. The van der Waals surface area contributed by atoms with Gasteiger partial charge in [-0.1, -0.05) is 0 Å². The molecule has 32 heavy (non-hydrogen) atoms. The van der Waals surface area contributed by atoms with Gasteiger partial charge >= 0.3 is 6.18 Å². The zero-order valence-electron chi connectivity index (χ0n) is 17.3. The van der Waals surface area contributed by atoms with Crippen molar-refractivity contribution in [1.29, 1.82) is 0 Å². The van der Waals surface area contributed by atoms with E-state index < -0.39 is 54.7 Å². The molecule has 0 saturated carbocycles. The van der Waals surface area contributed by atoms with Gasteiger partial charge in [-0.25, -0.2) is 12.8 Å². The fourth-order valence-electron chi connectivity index (χ4n) is 3.67. The Balaban J connectivity index is 2.01. The maximum absolute atomic E-state index is 14.3. The Bertz CT molecular complexity index is 1180. The van der Waals surface area contributed by atoms with Crippen LogP contribution >= 0.6 is 0 Å². The van der Waals surface area contributed by atoms with Crippen molar-refractivity contribution >= 4 is 21.4 Å². The number of carbonyl (C=O) groups is 1. The molecular weight excluding hydrogens is 454 g/mol. The number of nitrogens with zero attached hydrogens (tertiary/aromatic N) is 2. The second-order valence-electron chi connectivity index (χ2n) is 8.17. The number of aliphatic hydroxyl groups is 1. The van der Waals surface area contributed by atoms with Gasteiger partial charge in [-0.2, -0.15) is 13.2 Å². The predicted molar refractivity (Wildman–Crippen MR) is 105 cm³/mol. The van der Waals surface area contributed by atoms with Crippen LogP contribution in [-0.2, 0) is 20.8 Å². The van der Waals surface area contributed by atoms with Crippen molar-refractivity contribution in [2.24, 2.45) is 5.92 Å². The van der Waals surface area contributed by atoms with E-state index in [-0.39, 0.29) is 29.9 Å². The molecule has 0 radical (unpaired) electrons. The molecule has 2 heterocycles. The molecule has 1 fully saturated rings. The highest BCUT2D eigenvalue weighted by molar-refractivity contribution is 7.91. The molecule has 174 valence electrons. The largest absolute Gasteiger partial charge is 0.416 e. The van der Waals surface area contributed by atoms with E-state index in [0.29, 0.717) is 12.1 Å². The minimum atomic E-state index is -4.83. The summed E-state index contributed by atoms with van der Waals surface area (Å²) in [6.07, 6.45) is -3.94. The number of alkyl halides is 3. The summed E-state index contributed by atoms with van der Waals surface area (Å²) in [7, 11) is -4.57. The van der Waals surface area contributed by atoms with Crippen molar-refractivity contribution < 1.29 is 35.9 Å². The Morgan fingerprint density at radius 3 is 2.34 bits per heavy atom. The lowest BCUT2D eigenvalue weighted by molar-refractivity contribution is -0.155. The van der Waals surface area contributed by atoms with Gasteiger partial charge in [0.25, 0.3) is 0 Å². The molecule has 2 unspecified atom stereocenters. The second-order valence-corrected chi connectivity index (χ2v) is 10.1. The zero-order chi connectivity index (χ0) is 24.2. The second kappa shape index (κ2) is 7.69. The van der Waals surface area contributed by atoms with Crippen molar-refractivity contribution in [2.75, 3.05) is 12.3 Å². The third-order valence-electron chi connectivity index (χ3n) is 5.49. The van der Waals surface area contributed by atoms with Crippen LogP contribution in [0.1, 0.15) is 38.1 Å². The standard InChI is InChI=1S/C20H21F4N3O4S/c1-10(28)27-9-13(19(2,3)29)18(27)17-15(25)7-12(8-26-17)32(30,31)16-5-4-11(6-14(16)21)20(22,23)24/h4-8,13,18,29H,9,25H2,1-3H3. The van der Waals surface area contributed by atoms with Gasteiger partial charge in [-0.15, -0.1) is 0 Å². The van der Waals surface area contributed by atoms with E-state index in [9.17, 15) is 35.9 Å². The van der Waals surface area contributed by atoms with Crippen LogP contribution in [0.15, 0.2) is 40.3 Å². The van der Waals surface area contributed by atoms with Crippen LogP contribution in [0.3, 0.4) is 0 Å². The van der Waals surface area contributed by atoms with Crippen molar-refractivity contribution in [3.05, 3.63) is 47.5 Å². The topological polar surface area (TPSA) is 114 Å². The first-order valence-electron chi connectivity index (χ1n) is 9.42. The van der Waals surface area contributed by atoms with E-state index >= 15 is 0 Å². The molecule has 1 aromatic heterocycles. The smallest absolute Gasteiger partial charge is 0.397 e. The molecular formula is C20H21F4N3O4S. The Morgan fingerprint density at radius 1 is 1.25 bits per heavy atom. The molecule has 1 aromatic carbocycles. The minimum Gasteiger partial charge on any atom is -0.397 e. The number of halogens is 4. The van der Waals surface area contributed by atoms with E-state index in [2.05, 4.69) is 4.98 Å². The number of pyridine rings is 1. The SMILES string of the molecule is CC(=O)N1CC(C(C)(C)O)C1c1ncc(S(=O)(=O)c2ccc(C(F)(F)F)cc2F)cc1N. The lowest BCUT2D eigenvalue weighted by Crippen LogP contribution is -2.59. The number of rotatable bonds is 4. The minimum absolute atomic E-state index is 0.102. The Labute approximate surface area is 181 Å². The number of amides is 1. The van der Waals surface area contributed by atoms with Gasteiger partial charge in [0, 0.05) is 25.6 Å². The third kappa shape index (κ3) is 4.16. The maximum atomic E-state index is 14.3. The average molecular weight is 475 g/mol. The highest BCUT2D eigenvalue weighted by Gasteiger charge is 2.50. The monoisotopic (exact) mass is 475 g/mol. The van der Waals surface area contributed by atoms with E-state index in [1.165, 1.54) is 11.8 Å². The Morgan fingerprint density at radius 2 is 1.88 bits per heavy atom. The van der Waals surface area contributed by atoms with E-state index in [1.807, 2.05) is 0 Å². The first-order chi connectivity index (χ1) is 14.5. The average Bonchev–Trinajstić information content (AvgIpc) is 2.59.